The molecule has 1 N–H and O–H groups in total. The van der Waals surface area contributed by atoms with Crippen LogP contribution < -0.4 is 9.62 Å². The van der Waals surface area contributed by atoms with Crippen LogP contribution in [0, 0.1) is 13.8 Å². The van der Waals surface area contributed by atoms with Gasteiger partial charge in [0.2, 0.25) is 10.0 Å². The highest BCUT2D eigenvalue weighted by Crippen LogP contribution is 2.24. The summed E-state index contributed by atoms with van der Waals surface area (Å²) >= 11 is 5.80. The summed E-state index contributed by atoms with van der Waals surface area (Å²) in [6.07, 6.45) is 1.16. The van der Waals surface area contributed by atoms with Crippen LogP contribution in [0.2, 0.25) is 5.02 Å². The van der Waals surface area contributed by atoms with E-state index in [-0.39, 0.29) is 19.0 Å². The Balaban J connectivity index is 2.10. The Labute approximate surface area is 153 Å². The van der Waals surface area contributed by atoms with Crippen molar-refractivity contribution in [1.82, 2.24) is 5.32 Å². The Hall–Kier alpha value is -2.05. The lowest BCUT2D eigenvalue weighted by atomic mass is 10.1. The van der Waals surface area contributed by atoms with E-state index in [0.29, 0.717) is 16.3 Å². The predicted molar refractivity (Wildman–Crippen MR) is 102 cm³/mol. The van der Waals surface area contributed by atoms with Crippen molar-refractivity contribution in [3.63, 3.8) is 0 Å². The van der Waals surface area contributed by atoms with Gasteiger partial charge in [-0.3, -0.25) is 9.10 Å². The van der Waals surface area contributed by atoms with Crippen LogP contribution >= 0.6 is 11.6 Å². The van der Waals surface area contributed by atoms with E-state index in [9.17, 15) is 13.2 Å². The number of rotatable bonds is 6. The van der Waals surface area contributed by atoms with Gasteiger partial charge in [-0.15, -0.1) is 0 Å². The second-order valence-corrected chi connectivity index (χ2v) is 8.16. The quantitative estimate of drug-likeness (QED) is 0.837. The molecule has 0 aliphatic carbocycles. The Bertz CT molecular complexity index is 864. The molecule has 134 valence electrons. The third-order valence-electron chi connectivity index (χ3n) is 3.95. The van der Waals surface area contributed by atoms with Crippen molar-refractivity contribution < 1.29 is 13.2 Å². The number of amides is 1. The number of nitrogens with zero attached hydrogens (tertiary/aromatic N) is 1. The van der Waals surface area contributed by atoms with E-state index in [1.165, 1.54) is 4.31 Å². The molecule has 0 aliphatic heterocycles. The molecule has 0 aliphatic rings. The topological polar surface area (TPSA) is 66.5 Å². The SMILES string of the molecule is Cc1cccc(N(CCNC(=O)c2ccc(Cl)cc2)S(C)(=O)=O)c1C. The minimum Gasteiger partial charge on any atom is -0.350 e. The normalized spacial score (nSPS) is 11.2. The van der Waals surface area contributed by atoms with E-state index in [1.54, 1.807) is 30.3 Å². The number of hydrogen-bond acceptors (Lipinski definition) is 3. The maximum absolute atomic E-state index is 12.2. The van der Waals surface area contributed by atoms with Crippen LogP contribution in [0.1, 0.15) is 21.5 Å². The average Bonchev–Trinajstić information content (AvgIpc) is 2.54. The standard InChI is InChI=1S/C18H21ClN2O3S/c1-13-5-4-6-17(14(13)2)21(25(3,23)24)12-11-20-18(22)15-7-9-16(19)10-8-15/h4-10H,11-12H2,1-3H3,(H,20,22). The van der Waals surface area contributed by atoms with Gasteiger partial charge in [-0.2, -0.15) is 0 Å². The molecule has 0 spiro atoms. The highest BCUT2D eigenvalue weighted by Gasteiger charge is 2.19. The second kappa shape index (κ2) is 7.89. The summed E-state index contributed by atoms with van der Waals surface area (Å²) < 4.78 is 25.7. The fourth-order valence-electron chi connectivity index (χ4n) is 2.45. The minimum absolute atomic E-state index is 0.155. The third kappa shape index (κ3) is 4.96. The first-order chi connectivity index (χ1) is 11.7. The summed E-state index contributed by atoms with van der Waals surface area (Å²) in [6.45, 7) is 4.17. The molecule has 0 fully saturated rings. The van der Waals surface area contributed by atoms with Crippen LogP contribution in [0.3, 0.4) is 0 Å². The van der Waals surface area contributed by atoms with Crippen molar-refractivity contribution in [2.45, 2.75) is 13.8 Å². The van der Waals surface area contributed by atoms with Gasteiger partial charge in [-0.05, 0) is 55.3 Å². The van der Waals surface area contributed by atoms with Crippen LogP contribution in [-0.4, -0.2) is 33.7 Å². The van der Waals surface area contributed by atoms with Gasteiger partial charge in [-0.1, -0.05) is 23.7 Å². The maximum atomic E-state index is 12.2. The largest absolute Gasteiger partial charge is 0.350 e. The molecular weight excluding hydrogens is 360 g/mol. The first-order valence-corrected chi connectivity index (χ1v) is 10.0. The molecule has 1 amide bonds. The molecule has 0 atom stereocenters. The van der Waals surface area contributed by atoms with E-state index in [2.05, 4.69) is 5.32 Å². The first kappa shape index (κ1) is 19.3. The zero-order valence-electron chi connectivity index (χ0n) is 14.4. The predicted octanol–water partition coefficient (Wildman–Crippen LogP) is 3.15. The second-order valence-electron chi connectivity index (χ2n) is 5.82. The van der Waals surface area contributed by atoms with Gasteiger partial charge in [0.25, 0.3) is 5.91 Å². The van der Waals surface area contributed by atoms with Gasteiger partial charge in [0.1, 0.15) is 0 Å². The van der Waals surface area contributed by atoms with Crippen LogP contribution in [0.5, 0.6) is 0 Å². The molecule has 7 heteroatoms. The highest BCUT2D eigenvalue weighted by molar-refractivity contribution is 7.92. The number of hydrogen-bond donors (Lipinski definition) is 1. The Morgan fingerprint density at radius 2 is 1.76 bits per heavy atom. The van der Waals surface area contributed by atoms with Crippen molar-refractivity contribution in [3.05, 3.63) is 64.2 Å². The minimum atomic E-state index is -3.46. The summed E-state index contributed by atoms with van der Waals surface area (Å²) in [7, 11) is -3.46. The number of carbonyl (C=O) groups is 1. The van der Waals surface area contributed by atoms with Crippen molar-refractivity contribution in [1.29, 1.82) is 0 Å². The Kier molecular flexibility index (Phi) is 6.08. The summed E-state index contributed by atoms with van der Waals surface area (Å²) in [5.41, 5.74) is 3.01. The molecule has 25 heavy (non-hydrogen) atoms. The molecule has 0 saturated carbocycles. The smallest absolute Gasteiger partial charge is 0.251 e. The number of benzene rings is 2. The van der Waals surface area contributed by atoms with Crippen molar-refractivity contribution >= 4 is 33.2 Å². The van der Waals surface area contributed by atoms with Gasteiger partial charge in [0.05, 0.1) is 18.5 Å². The van der Waals surface area contributed by atoms with E-state index in [1.807, 2.05) is 26.0 Å². The van der Waals surface area contributed by atoms with E-state index in [0.717, 1.165) is 17.4 Å². The third-order valence-corrected chi connectivity index (χ3v) is 5.38. The molecule has 0 bridgehead atoms. The van der Waals surface area contributed by atoms with Crippen LogP contribution in [0.4, 0.5) is 5.69 Å². The Morgan fingerprint density at radius 1 is 1.12 bits per heavy atom. The maximum Gasteiger partial charge on any atom is 0.251 e. The molecule has 0 aromatic heterocycles. The fourth-order valence-corrected chi connectivity index (χ4v) is 3.55. The van der Waals surface area contributed by atoms with Gasteiger partial charge < -0.3 is 5.32 Å². The van der Waals surface area contributed by atoms with E-state index in [4.69, 9.17) is 11.6 Å². The lowest BCUT2D eigenvalue weighted by molar-refractivity contribution is 0.0955. The van der Waals surface area contributed by atoms with Crippen LogP contribution in [-0.2, 0) is 10.0 Å². The van der Waals surface area contributed by atoms with E-state index < -0.39 is 10.0 Å². The van der Waals surface area contributed by atoms with Crippen molar-refractivity contribution in [2.24, 2.45) is 0 Å². The molecule has 0 heterocycles. The molecule has 5 nitrogen and oxygen atoms in total. The van der Waals surface area contributed by atoms with Gasteiger partial charge in [0.15, 0.2) is 0 Å². The monoisotopic (exact) mass is 380 g/mol. The number of nitrogens with one attached hydrogen (secondary N) is 1. The molecule has 2 rings (SSSR count). The average molecular weight is 381 g/mol. The molecular formula is C18H21ClN2O3S. The lowest BCUT2D eigenvalue weighted by Gasteiger charge is -2.25. The zero-order valence-corrected chi connectivity index (χ0v) is 16.0. The summed E-state index contributed by atoms with van der Waals surface area (Å²) in [5, 5.41) is 3.29. The Morgan fingerprint density at radius 3 is 2.36 bits per heavy atom. The van der Waals surface area contributed by atoms with Crippen molar-refractivity contribution in [2.75, 3.05) is 23.7 Å². The first-order valence-electron chi connectivity index (χ1n) is 7.78. The molecule has 0 radical (unpaired) electrons. The van der Waals surface area contributed by atoms with Crippen molar-refractivity contribution in [3.8, 4) is 0 Å². The number of anilines is 1. The summed E-state index contributed by atoms with van der Waals surface area (Å²) in [6, 6.07) is 12.0. The van der Waals surface area contributed by atoms with Gasteiger partial charge in [-0.25, -0.2) is 8.42 Å². The molecule has 0 unspecified atom stereocenters. The van der Waals surface area contributed by atoms with Crippen LogP contribution in [0.15, 0.2) is 42.5 Å². The fraction of sp³-hybridized carbons (Fsp3) is 0.278. The lowest BCUT2D eigenvalue weighted by Crippen LogP contribution is -2.38. The number of aryl methyl sites for hydroxylation is 1. The van der Waals surface area contributed by atoms with E-state index >= 15 is 0 Å². The summed E-state index contributed by atoms with van der Waals surface area (Å²) in [4.78, 5) is 12.1. The molecule has 0 saturated heterocycles. The number of carbonyl (C=O) groups excluding carboxylic acids is 1. The molecule has 2 aromatic carbocycles. The van der Waals surface area contributed by atoms with Gasteiger partial charge in [0, 0.05) is 17.1 Å². The zero-order chi connectivity index (χ0) is 18.6. The number of sulfonamides is 1. The number of halogens is 1. The van der Waals surface area contributed by atoms with Gasteiger partial charge >= 0.3 is 0 Å². The summed E-state index contributed by atoms with van der Waals surface area (Å²) in [5.74, 6) is -0.272. The highest BCUT2D eigenvalue weighted by atomic mass is 35.5. The van der Waals surface area contributed by atoms with Crippen LogP contribution in [0.25, 0.3) is 0 Å². The molecule has 2 aromatic rings.